The van der Waals surface area contributed by atoms with Crippen LogP contribution >= 0.6 is 11.6 Å². The van der Waals surface area contributed by atoms with Gasteiger partial charge in [0, 0.05) is 27.9 Å². The standard InChI is InChI=1S/C24H18ClF4N5O2S/c25-17-6-4-14(5-7-17)21(11-30)34(31)20-10-16(15-2-1-3-18(8-15)37(35)36)9-19(26)23(20)33-12-22(32-13-33)24(27,28)29/h1-13H,30-31H2,(H,35,36)/p-1/b21-11-. The molecular weight excluding hydrogens is 534 g/mol. The molecule has 37 heavy (non-hydrogen) atoms. The first kappa shape index (κ1) is 26.4. The van der Waals surface area contributed by atoms with E-state index in [9.17, 15) is 21.9 Å². The van der Waals surface area contributed by atoms with E-state index in [1.165, 1.54) is 24.3 Å². The van der Waals surface area contributed by atoms with E-state index in [0.717, 1.165) is 28.2 Å². The summed E-state index contributed by atoms with van der Waals surface area (Å²) in [4.78, 5) is 3.30. The summed E-state index contributed by atoms with van der Waals surface area (Å²) in [5.74, 6) is 5.43. The summed E-state index contributed by atoms with van der Waals surface area (Å²) in [7, 11) is 0. The van der Waals surface area contributed by atoms with Crippen molar-refractivity contribution in [2.75, 3.05) is 5.01 Å². The molecule has 0 aliphatic rings. The molecule has 4 aromatic rings. The molecule has 0 fully saturated rings. The van der Waals surface area contributed by atoms with E-state index >= 15 is 4.39 Å². The number of hydrogen-bond acceptors (Lipinski definition) is 6. The van der Waals surface area contributed by atoms with Crippen LogP contribution in [0.3, 0.4) is 0 Å². The Morgan fingerprint density at radius 2 is 1.81 bits per heavy atom. The molecule has 0 saturated carbocycles. The van der Waals surface area contributed by atoms with E-state index in [0.29, 0.717) is 22.3 Å². The smallest absolute Gasteiger partial charge is 0.434 e. The van der Waals surface area contributed by atoms with Crippen molar-refractivity contribution in [3.05, 3.63) is 101 Å². The monoisotopic (exact) mass is 550 g/mol. The molecule has 0 saturated heterocycles. The van der Waals surface area contributed by atoms with Gasteiger partial charge in [0.15, 0.2) is 5.69 Å². The Morgan fingerprint density at radius 3 is 2.41 bits per heavy atom. The van der Waals surface area contributed by atoms with Crippen LogP contribution < -0.4 is 16.6 Å². The first-order valence-electron chi connectivity index (χ1n) is 10.4. The Morgan fingerprint density at radius 1 is 1.11 bits per heavy atom. The van der Waals surface area contributed by atoms with Gasteiger partial charge in [0.1, 0.15) is 17.8 Å². The van der Waals surface area contributed by atoms with Crippen molar-refractivity contribution in [2.24, 2.45) is 11.6 Å². The van der Waals surface area contributed by atoms with E-state index in [4.69, 9.17) is 23.2 Å². The zero-order chi connectivity index (χ0) is 26.9. The zero-order valence-electron chi connectivity index (χ0n) is 18.6. The molecule has 0 spiro atoms. The van der Waals surface area contributed by atoms with Gasteiger partial charge in [-0.25, -0.2) is 15.2 Å². The van der Waals surface area contributed by atoms with Gasteiger partial charge in [-0.1, -0.05) is 35.9 Å². The first-order chi connectivity index (χ1) is 17.5. The molecule has 1 unspecified atom stereocenters. The third-order valence-electron chi connectivity index (χ3n) is 5.35. The Hall–Kier alpha value is -3.71. The van der Waals surface area contributed by atoms with Crippen molar-refractivity contribution in [3.63, 3.8) is 0 Å². The summed E-state index contributed by atoms with van der Waals surface area (Å²) in [6, 6.07) is 14.5. The Balaban J connectivity index is 1.93. The summed E-state index contributed by atoms with van der Waals surface area (Å²) >= 11 is 3.41. The fraction of sp³-hybridized carbons (Fsp3) is 0.0417. The van der Waals surface area contributed by atoms with Gasteiger partial charge in [-0.3, -0.25) is 9.22 Å². The minimum atomic E-state index is -4.76. The average Bonchev–Trinajstić information content (AvgIpc) is 3.35. The Labute approximate surface area is 215 Å². The lowest BCUT2D eigenvalue weighted by Gasteiger charge is -2.26. The van der Waals surface area contributed by atoms with Gasteiger partial charge in [0.2, 0.25) is 0 Å². The normalized spacial score (nSPS) is 13.0. The van der Waals surface area contributed by atoms with Crippen LogP contribution in [-0.2, 0) is 17.3 Å². The summed E-state index contributed by atoms with van der Waals surface area (Å²) in [6.45, 7) is 0. The van der Waals surface area contributed by atoms with Gasteiger partial charge < -0.3 is 14.9 Å². The molecule has 13 heteroatoms. The largest absolute Gasteiger partial charge is 0.768 e. The van der Waals surface area contributed by atoms with Crippen molar-refractivity contribution in [1.82, 2.24) is 9.55 Å². The molecule has 4 rings (SSSR count). The Kier molecular flexibility index (Phi) is 7.37. The molecule has 0 bridgehead atoms. The highest BCUT2D eigenvalue weighted by Gasteiger charge is 2.34. The van der Waals surface area contributed by atoms with Crippen LogP contribution in [0.15, 0.2) is 84.3 Å². The maximum Gasteiger partial charge on any atom is 0.434 e. The molecule has 1 atom stereocenters. The topological polar surface area (TPSA) is 113 Å². The number of aromatic nitrogens is 2. The second-order valence-electron chi connectivity index (χ2n) is 7.68. The van der Waals surface area contributed by atoms with Crippen molar-refractivity contribution < 1.29 is 26.3 Å². The summed E-state index contributed by atoms with van der Waals surface area (Å²) in [5, 5.41) is 1.44. The predicted octanol–water partition coefficient (Wildman–Crippen LogP) is 5.23. The highest BCUT2D eigenvalue weighted by molar-refractivity contribution is 7.79. The second-order valence-corrected chi connectivity index (χ2v) is 9.06. The average molecular weight is 551 g/mol. The quantitative estimate of drug-likeness (QED) is 0.147. The molecule has 0 radical (unpaired) electrons. The molecule has 7 nitrogen and oxygen atoms in total. The van der Waals surface area contributed by atoms with Gasteiger partial charge in [0.05, 0.1) is 11.4 Å². The van der Waals surface area contributed by atoms with Gasteiger partial charge >= 0.3 is 6.18 Å². The number of rotatable bonds is 6. The molecule has 0 aliphatic heterocycles. The van der Waals surface area contributed by atoms with Crippen molar-refractivity contribution in [1.29, 1.82) is 0 Å². The SMILES string of the molecule is N/C=C(/c1ccc(Cl)cc1)N(N)c1cc(-c2cccc(S(=O)[O-])c2)cc(F)c1-n1cnc(C(F)(F)F)c1. The highest BCUT2D eigenvalue weighted by Crippen LogP contribution is 2.37. The fourth-order valence-corrected chi connectivity index (χ4v) is 4.17. The van der Waals surface area contributed by atoms with Crippen molar-refractivity contribution in [2.45, 2.75) is 11.1 Å². The van der Waals surface area contributed by atoms with Crippen molar-refractivity contribution in [3.8, 4) is 16.8 Å². The Bertz CT molecular complexity index is 1510. The number of hydrogen-bond donors (Lipinski definition) is 2. The highest BCUT2D eigenvalue weighted by atomic mass is 35.5. The third kappa shape index (κ3) is 5.52. The number of imidazole rings is 1. The predicted molar refractivity (Wildman–Crippen MR) is 131 cm³/mol. The van der Waals surface area contributed by atoms with E-state index in [1.54, 1.807) is 30.3 Å². The van der Waals surface area contributed by atoms with E-state index in [-0.39, 0.29) is 27.5 Å². The van der Waals surface area contributed by atoms with Crippen LogP contribution in [0.4, 0.5) is 23.2 Å². The number of benzene rings is 3. The van der Waals surface area contributed by atoms with E-state index < -0.39 is 28.8 Å². The minimum Gasteiger partial charge on any atom is -0.768 e. The molecular formula is C24H17ClF4N5O2S-. The van der Waals surface area contributed by atoms with Crippen LogP contribution in [-0.4, -0.2) is 18.3 Å². The molecule has 1 aromatic heterocycles. The molecule has 0 amide bonds. The zero-order valence-corrected chi connectivity index (χ0v) is 20.2. The van der Waals surface area contributed by atoms with Gasteiger partial charge in [-0.05, 0) is 58.6 Å². The van der Waals surface area contributed by atoms with Crippen molar-refractivity contribution >= 4 is 34.1 Å². The first-order valence-corrected chi connectivity index (χ1v) is 11.8. The second kappa shape index (κ2) is 10.3. The summed E-state index contributed by atoms with van der Waals surface area (Å²) < 4.78 is 79.0. The lowest BCUT2D eigenvalue weighted by Crippen LogP contribution is -2.31. The number of nitrogens with zero attached hydrogens (tertiary/aromatic N) is 3. The van der Waals surface area contributed by atoms with Gasteiger partial charge in [-0.15, -0.1) is 0 Å². The molecule has 1 heterocycles. The summed E-state index contributed by atoms with van der Waals surface area (Å²) in [6.07, 6.45) is -2.17. The number of anilines is 1. The minimum absolute atomic E-state index is 0.0405. The van der Waals surface area contributed by atoms with Crippen LogP contribution in [0.5, 0.6) is 0 Å². The lowest BCUT2D eigenvalue weighted by atomic mass is 10.0. The van der Waals surface area contributed by atoms with Gasteiger partial charge in [-0.2, -0.15) is 13.2 Å². The van der Waals surface area contributed by atoms with Gasteiger partial charge in [0.25, 0.3) is 0 Å². The summed E-state index contributed by atoms with van der Waals surface area (Å²) in [5.41, 5.74) is 5.37. The number of alkyl halides is 3. The fourth-order valence-electron chi connectivity index (χ4n) is 3.63. The lowest BCUT2D eigenvalue weighted by molar-refractivity contribution is -0.140. The number of nitrogens with two attached hydrogens (primary N) is 2. The van der Waals surface area contributed by atoms with E-state index in [2.05, 4.69) is 4.98 Å². The maximum atomic E-state index is 15.6. The van der Waals surface area contributed by atoms with E-state index in [1.807, 2.05) is 0 Å². The van der Waals surface area contributed by atoms with Crippen LogP contribution in [0.25, 0.3) is 22.5 Å². The molecule has 3 aromatic carbocycles. The number of hydrazine groups is 1. The number of halogens is 5. The maximum absolute atomic E-state index is 15.6. The third-order valence-corrected chi connectivity index (χ3v) is 6.24. The van der Waals surface area contributed by atoms with Crippen LogP contribution in [0.2, 0.25) is 5.02 Å². The van der Waals surface area contributed by atoms with Crippen LogP contribution in [0.1, 0.15) is 11.3 Å². The van der Waals surface area contributed by atoms with Crippen LogP contribution in [0, 0.1) is 5.82 Å². The molecule has 4 N–H and O–H groups in total. The molecule has 0 aliphatic carbocycles. The molecule has 192 valence electrons.